The third-order valence-corrected chi connectivity index (χ3v) is 3.06. The Balaban J connectivity index is 1.98. The van der Waals surface area contributed by atoms with Crippen LogP contribution >= 0.6 is 0 Å². The van der Waals surface area contributed by atoms with Gasteiger partial charge in [0.2, 0.25) is 11.8 Å². The quantitative estimate of drug-likeness (QED) is 0.821. The van der Waals surface area contributed by atoms with Crippen LogP contribution in [0.1, 0.15) is 37.3 Å². The van der Waals surface area contributed by atoms with Crippen molar-refractivity contribution in [3.8, 4) is 11.5 Å². The van der Waals surface area contributed by atoms with Crippen LogP contribution in [0.2, 0.25) is 0 Å². The maximum Gasteiger partial charge on any atom is 0.247 e. The number of benzene rings is 1. The van der Waals surface area contributed by atoms with Gasteiger partial charge in [-0.05, 0) is 38.9 Å². The van der Waals surface area contributed by atoms with Crippen LogP contribution in [0.25, 0.3) is 11.5 Å². The van der Waals surface area contributed by atoms with Gasteiger partial charge in [0.1, 0.15) is 0 Å². The zero-order chi connectivity index (χ0) is 14.5. The van der Waals surface area contributed by atoms with Crippen molar-refractivity contribution in [2.75, 3.05) is 6.54 Å². The summed E-state index contributed by atoms with van der Waals surface area (Å²) >= 11 is 0. The van der Waals surface area contributed by atoms with E-state index in [9.17, 15) is 0 Å². The summed E-state index contributed by atoms with van der Waals surface area (Å²) in [7, 11) is 0. The minimum atomic E-state index is 0.517. The topological polar surface area (TPSA) is 51.0 Å². The van der Waals surface area contributed by atoms with Gasteiger partial charge in [0.25, 0.3) is 0 Å². The first-order valence-electron chi connectivity index (χ1n) is 7.19. The molecular weight excluding hydrogens is 250 g/mol. The van der Waals surface area contributed by atoms with Crippen molar-refractivity contribution >= 4 is 0 Å². The number of nitrogens with zero attached hydrogens (tertiary/aromatic N) is 2. The minimum absolute atomic E-state index is 0.517. The number of rotatable bonds is 6. The summed E-state index contributed by atoms with van der Waals surface area (Å²) in [5, 5.41) is 11.6. The molecule has 2 aromatic rings. The Kier molecular flexibility index (Phi) is 4.90. The summed E-state index contributed by atoms with van der Waals surface area (Å²) in [6.45, 7) is 9.41. The lowest BCUT2D eigenvalue weighted by Gasteiger charge is -2.05. The van der Waals surface area contributed by atoms with E-state index >= 15 is 0 Å². The maximum absolute atomic E-state index is 5.74. The molecule has 1 aromatic carbocycles. The summed E-state index contributed by atoms with van der Waals surface area (Å²) in [6.07, 6.45) is 1.82. The van der Waals surface area contributed by atoms with E-state index in [-0.39, 0.29) is 0 Å². The minimum Gasteiger partial charge on any atom is -0.421 e. The average Bonchev–Trinajstić information content (AvgIpc) is 2.82. The van der Waals surface area contributed by atoms with Gasteiger partial charge in [0.15, 0.2) is 0 Å². The van der Waals surface area contributed by atoms with E-state index in [0.717, 1.165) is 24.9 Å². The highest BCUT2D eigenvalue weighted by atomic mass is 16.4. The molecule has 0 radical (unpaired) electrons. The molecule has 0 bridgehead atoms. The Morgan fingerprint density at radius 3 is 2.45 bits per heavy atom. The highest BCUT2D eigenvalue weighted by Gasteiger charge is 2.09. The number of nitrogens with one attached hydrogen (secondary N) is 1. The van der Waals surface area contributed by atoms with Crippen LogP contribution in [-0.4, -0.2) is 22.8 Å². The van der Waals surface area contributed by atoms with Crippen LogP contribution in [0.4, 0.5) is 0 Å². The van der Waals surface area contributed by atoms with Crippen LogP contribution in [0.5, 0.6) is 0 Å². The van der Waals surface area contributed by atoms with Gasteiger partial charge < -0.3 is 9.73 Å². The van der Waals surface area contributed by atoms with Crippen molar-refractivity contribution < 1.29 is 4.42 Å². The summed E-state index contributed by atoms with van der Waals surface area (Å²) in [5.41, 5.74) is 3.42. The highest BCUT2D eigenvalue weighted by Crippen LogP contribution is 2.21. The van der Waals surface area contributed by atoms with Crippen molar-refractivity contribution in [2.45, 2.75) is 46.6 Å². The average molecular weight is 273 g/mol. The molecule has 1 heterocycles. The van der Waals surface area contributed by atoms with E-state index in [1.54, 1.807) is 0 Å². The normalized spacial score (nSPS) is 11.2. The van der Waals surface area contributed by atoms with Gasteiger partial charge in [-0.25, -0.2) is 0 Å². The first kappa shape index (κ1) is 14.7. The number of hydrogen-bond acceptors (Lipinski definition) is 4. The Morgan fingerprint density at radius 2 is 1.80 bits per heavy atom. The predicted molar refractivity (Wildman–Crippen MR) is 80.7 cm³/mol. The molecule has 0 unspecified atom stereocenters. The van der Waals surface area contributed by atoms with Crippen LogP contribution in [-0.2, 0) is 6.42 Å². The molecule has 0 saturated carbocycles. The van der Waals surface area contributed by atoms with Gasteiger partial charge >= 0.3 is 0 Å². The predicted octanol–water partition coefficient (Wildman–Crippen LogP) is 3.28. The fraction of sp³-hybridized carbons (Fsp3) is 0.500. The maximum atomic E-state index is 5.74. The van der Waals surface area contributed by atoms with Crippen molar-refractivity contribution in [1.29, 1.82) is 0 Å². The van der Waals surface area contributed by atoms with Gasteiger partial charge in [0.05, 0.1) is 0 Å². The van der Waals surface area contributed by atoms with E-state index in [1.807, 2.05) is 0 Å². The number of aryl methyl sites for hydroxylation is 3. The first-order chi connectivity index (χ1) is 9.54. The molecular formula is C16H23N3O. The molecule has 0 amide bonds. The summed E-state index contributed by atoms with van der Waals surface area (Å²) < 4.78 is 5.74. The molecule has 0 atom stereocenters. The SMILES string of the molecule is Cc1cc(C)cc(-c2nnc(CCCNC(C)C)o2)c1. The molecule has 1 aromatic heterocycles. The lowest BCUT2D eigenvalue weighted by molar-refractivity contribution is 0.484. The van der Waals surface area contributed by atoms with Gasteiger partial charge in [-0.3, -0.25) is 0 Å². The smallest absolute Gasteiger partial charge is 0.247 e. The third-order valence-electron chi connectivity index (χ3n) is 3.06. The van der Waals surface area contributed by atoms with Crippen LogP contribution < -0.4 is 5.32 Å². The van der Waals surface area contributed by atoms with E-state index < -0.39 is 0 Å². The van der Waals surface area contributed by atoms with Gasteiger partial charge in [-0.1, -0.05) is 31.0 Å². The summed E-state index contributed by atoms with van der Waals surface area (Å²) in [6, 6.07) is 6.80. The van der Waals surface area contributed by atoms with Gasteiger partial charge in [-0.15, -0.1) is 10.2 Å². The van der Waals surface area contributed by atoms with E-state index in [1.165, 1.54) is 11.1 Å². The fourth-order valence-electron chi connectivity index (χ4n) is 2.20. The van der Waals surface area contributed by atoms with Gasteiger partial charge in [0, 0.05) is 18.0 Å². The number of hydrogen-bond donors (Lipinski definition) is 1. The van der Waals surface area contributed by atoms with Crippen molar-refractivity contribution in [2.24, 2.45) is 0 Å². The standard InChI is InChI=1S/C16H23N3O/c1-11(2)17-7-5-6-15-18-19-16(20-15)14-9-12(3)8-13(4)10-14/h8-11,17H,5-7H2,1-4H3. The zero-order valence-electron chi connectivity index (χ0n) is 12.7. The molecule has 0 saturated heterocycles. The van der Waals surface area contributed by atoms with E-state index in [4.69, 9.17) is 4.42 Å². The molecule has 0 aliphatic heterocycles. The second-order valence-electron chi connectivity index (χ2n) is 5.59. The second kappa shape index (κ2) is 6.66. The Hall–Kier alpha value is -1.68. The molecule has 0 aliphatic carbocycles. The lowest BCUT2D eigenvalue weighted by Crippen LogP contribution is -2.23. The summed E-state index contributed by atoms with van der Waals surface area (Å²) in [5.74, 6) is 1.33. The first-order valence-corrected chi connectivity index (χ1v) is 7.19. The molecule has 108 valence electrons. The van der Waals surface area contributed by atoms with E-state index in [0.29, 0.717) is 17.8 Å². The van der Waals surface area contributed by atoms with Crippen molar-refractivity contribution in [1.82, 2.24) is 15.5 Å². The molecule has 20 heavy (non-hydrogen) atoms. The molecule has 4 heteroatoms. The molecule has 0 fully saturated rings. The van der Waals surface area contributed by atoms with Crippen LogP contribution in [0.3, 0.4) is 0 Å². The van der Waals surface area contributed by atoms with Crippen LogP contribution in [0, 0.1) is 13.8 Å². The monoisotopic (exact) mass is 273 g/mol. The zero-order valence-corrected chi connectivity index (χ0v) is 12.7. The second-order valence-corrected chi connectivity index (χ2v) is 5.59. The van der Waals surface area contributed by atoms with E-state index in [2.05, 4.69) is 61.4 Å². The Labute approximate surface area is 120 Å². The summed E-state index contributed by atoms with van der Waals surface area (Å²) in [4.78, 5) is 0. The molecule has 4 nitrogen and oxygen atoms in total. The molecule has 0 aliphatic rings. The molecule has 2 rings (SSSR count). The van der Waals surface area contributed by atoms with Crippen molar-refractivity contribution in [3.63, 3.8) is 0 Å². The number of aromatic nitrogens is 2. The fourth-order valence-corrected chi connectivity index (χ4v) is 2.20. The van der Waals surface area contributed by atoms with Crippen LogP contribution in [0.15, 0.2) is 22.6 Å². The third kappa shape index (κ3) is 4.17. The lowest BCUT2D eigenvalue weighted by atomic mass is 10.1. The highest BCUT2D eigenvalue weighted by molar-refractivity contribution is 5.55. The largest absolute Gasteiger partial charge is 0.421 e. The Bertz CT molecular complexity index is 540. The van der Waals surface area contributed by atoms with Crippen molar-refractivity contribution in [3.05, 3.63) is 35.2 Å². The Morgan fingerprint density at radius 1 is 1.10 bits per heavy atom. The molecule has 1 N–H and O–H groups in total. The molecule has 0 spiro atoms. The van der Waals surface area contributed by atoms with Gasteiger partial charge in [-0.2, -0.15) is 0 Å².